The second kappa shape index (κ2) is 6.80. The van der Waals surface area contributed by atoms with Gasteiger partial charge in [-0.2, -0.15) is 0 Å². The van der Waals surface area contributed by atoms with E-state index in [-0.39, 0.29) is 5.75 Å². The highest BCUT2D eigenvalue weighted by molar-refractivity contribution is 5.28. The van der Waals surface area contributed by atoms with Gasteiger partial charge in [-0.1, -0.05) is 26.0 Å². The third-order valence-corrected chi connectivity index (χ3v) is 3.05. The molecule has 0 aliphatic rings. The van der Waals surface area contributed by atoms with Gasteiger partial charge in [0.05, 0.1) is 0 Å². The molecule has 0 heterocycles. The van der Waals surface area contributed by atoms with E-state index >= 15 is 0 Å². The van der Waals surface area contributed by atoms with Crippen LogP contribution in [0.2, 0.25) is 0 Å². The monoisotopic (exact) mass is 275 g/mol. The van der Waals surface area contributed by atoms with Gasteiger partial charge >= 0.3 is 6.36 Å². The summed E-state index contributed by atoms with van der Waals surface area (Å²) in [5.74, 6) is 0.329. The molecule has 1 atom stereocenters. The largest absolute Gasteiger partial charge is 0.573 e. The standard InChI is InChI=1S/C14H20F3NO/c1-10(2)13(18-3)8-7-11-5-4-6-12(9-11)19-14(15,16)17/h4-6,9-10,13,18H,7-8H2,1-3H3. The Balaban J connectivity index is 2.62. The quantitative estimate of drug-likeness (QED) is 0.853. The van der Waals surface area contributed by atoms with Gasteiger partial charge in [-0.3, -0.25) is 0 Å². The number of halogens is 3. The Labute approximate surface area is 112 Å². The zero-order valence-corrected chi connectivity index (χ0v) is 11.4. The van der Waals surface area contributed by atoms with E-state index in [1.807, 2.05) is 13.1 Å². The van der Waals surface area contributed by atoms with Crippen molar-refractivity contribution in [1.82, 2.24) is 5.32 Å². The third kappa shape index (κ3) is 5.96. The van der Waals surface area contributed by atoms with Gasteiger partial charge in [0.1, 0.15) is 5.75 Å². The van der Waals surface area contributed by atoms with Gasteiger partial charge in [-0.15, -0.1) is 13.2 Å². The summed E-state index contributed by atoms with van der Waals surface area (Å²) in [7, 11) is 1.90. The van der Waals surface area contributed by atoms with Crippen molar-refractivity contribution in [3.05, 3.63) is 29.8 Å². The average Bonchev–Trinajstić information content (AvgIpc) is 2.27. The lowest BCUT2D eigenvalue weighted by atomic mass is 9.97. The first-order chi connectivity index (χ1) is 8.81. The van der Waals surface area contributed by atoms with Crippen LogP contribution in [-0.4, -0.2) is 19.5 Å². The fraction of sp³-hybridized carbons (Fsp3) is 0.571. The maximum absolute atomic E-state index is 12.1. The highest BCUT2D eigenvalue weighted by atomic mass is 19.4. The SMILES string of the molecule is CNC(CCc1cccc(OC(F)(F)F)c1)C(C)C. The Bertz CT molecular complexity index is 391. The summed E-state index contributed by atoms with van der Waals surface area (Å²) in [6.45, 7) is 4.23. The molecular weight excluding hydrogens is 255 g/mol. The molecule has 2 nitrogen and oxygen atoms in total. The molecule has 0 saturated carbocycles. The minimum atomic E-state index is -4.63. The molecule has 5 heteroatoms. The molecule has 0 aliphatic heterocycles. The first-order valence-corrected chi connectivity index (χ1v) is 6.34. The van der Waals surface area contributed by atoms with Crippen molar-refractivity contribution in [3.8, 4) is 5.75 Å². The maximum Gasteiger partial charge on any atom is 0.573 e. The Kier molecular flexibility index (Phi) is 5.66. The predicted octanol–water partition coefficient (Wildman–Crippen LogP) is 3.76. The zero-order valence-electron chi connectivity index (χ0n) is 11.4. The van der Waals surface area contributed by atoms with Crippen LogP contribution in [0.4, 0.5) is 13.2 Å². The van der Waals surface area contributed by atoms with Crippen LogP contribution in [0, 0.1) is 5.92 Å². The van der Waals surface area contributed by atoms with Crippen LogP contribution in [0.1, 0.15) is 25.8 Å². The van der Waals surface area contributed by atoms with Crippen LogP contribution in [-0.2, 0) is 6.42 Å². The van der Waals surface area contributed by atoms with E-state index in [1.54, 1.807) is 6.07 Å². The molecule has 1 unspecified atom stereocenters. The van der Waals surface area contributed by atoms with Crippen molar-refractivity contribution in [2.45, 2.75) is 39.1 Å². The van der Waals surface area contributed by atoms with Crippen LogP contribution in [0.3, 0.4) is 0 Å². The molecule has 108 valence electrons. The highest BCUT2D eigenvalue weighted by Gasteiger charge is 2.31. The molecule has 0 aliphatic carbocycles. The van der Waals surface area contributed by atoms with Crippen LogP contribution in [0.25, 0.3) is 0 Å². The maximum atomic E-state index is 12.1. The molecule has 1 rings (SSSR count). The number of rotatable bonds is 6. The molecule has 0 bridgehead atoms. The van der Waals surface area contributed by atoms with Crippen molar-refractivity contribution >= 4 is 0 Å². The third-order valence-electron chi connectivity index (χ3n) is 3.05. The smallest absolute Gasteiger partial charge is 0.406 e. The number of ether oxygens (including phenoxy) is 1. The molecule has 0 aromatic heterocycles. The van der Waals surface area contributed by atoms with E-state index in [0.717, 1.165) is 18.4 Å². The topological polar surface area (TPSA) is 21.3 Å². The normalized spacial score (nSPS) is 13.6. The molecule has 19 heavy (non-hydrogen) atoms. The summed E-state index contributed by atoms with van der Waals surface area (Å²) in [5, 5.41) is 3.21. The van der Waals surface area contributed by atoms with Crippen molar-refractivity contribution in [2.75, 3.05) is 7.05 Å². The summed E-state index contributed by atoms with van der Waals surface area (Å²) < 4.78 is 40.3. The number of aryl methyl sites for hydroxylation is 1. The van der Waals surface area contributed by atoms with E-state index in [2.05, 4.69) is 23.9 Å². The summed E-state index contributed by atoms with van der Waals surface area (Å²) in [6, 6.07) is 6.51. The predicted molar refractivity (Wildman–Crippen MR) is 69.1 cm³/mol. The fourth-order valence-corrected chi connectivity index (χ4v) is 2.03. The number of nitrogens with one attached hydrogen (secondary N) is 1. The lowest BCUT2D eigenvalue weighted by Gasteiger charge is -2.20. The second-order valence-electron chi connectivity index (χ2n) is 4.87. The summed E-state index contributed by atoms with van der Waals surface area (Å²) in [5.41, 5.74) is 0.850. The summed E-state index contributed by atoms with van der Waals surface area (Å²) >= 11 is 0. The van der Waals surface area contributed by atoms with Crippen LogP contribution in [0.5, 0.6) is 5.75 Å². The number of alkyl halides is 3. The first kappa shape index (κ1) is 15.8. The average molecular weight is 275 g/mol. The van der Waals surface area contributed by atoms with Gasteiger partial charge in [0, 0.05) is 6.04 Å². The number of hydrogen-bond acceptors (Lipinski definition) is 2. The van der Waals surface area contributed by atoms with Crippen LogP contribution >= 0.6 is 0 Å². The Morgan fingerprint density at radius 1 is 1.26 bits per heavy atom. The lowest BCUT2D eigenvalue weighted by molar-refractivity contribution is -0.274. The minimum absolute atomic E-state index is 0.157. The number of hydrogen-bond donors (Lipinski definition) is 1. The first-order valence-electron chi connectivity index (χ1n) is 6.34. The van der Waals surface area contributed by atoms with Gasteiger partial charge in [-0.05, 0) is 43.5 Å². The summed E-state index contributed by atoms with van der Waals surface area (Å²) in [6.07, 6.45) is -3.04. The summed E-state index contributed by atoms with van der Waals surface area (Å²) in [4.78, 5) is 0. The van der Waals surface area contributed by atoms with Crippen molar-refractivity contribution in [2.24, 2.45) is 5.92 Å². The van der Waals surface area contributed by atoms with Crippen molar-refractivity contribution in [1.29, 1.82) is 0 Å². The Morgan fingerprint density at radius 3 is 2.47 bits per heavy atom. The molecular formula is C14H20F3NO. The number of benzene rings is 1. The molecule has 0 fully saturated rings. The highest BCUT2D eigenvalue weighted by Crippen LogP contribution is 2.24. The van der Waals surface area contributed by atoms with Gasteiger partial charge < -0.3 is 10.1 Å². The second-order valence-corrected chi connectivity index (χ2v) is 4.87. The van der Waals surface area contributed by atoms with Gasteiger partial charge in [-0.25, -0.2) is 0 Å². The minimum Gasteiger partial charge on any atom is -0.406 e. The molecule has 0 saturated heterocycles. The Hall–Kier alpha value is -1.23. The molecule has 0 radical (unpaired) electrons. The van der Waals surface area contributed by atoms with E-state index in [0.29, 0.717) is 12.0 Å². The molecule has 1 N–H and O–H groups in total. The van der Waals surface area contributed by atoms with E-state index < -0.39 is 6.36 Å². The van der Waals surface area contributed by atoms with E-state index in [4.69, 9.17) is 0 Å². The van der Waals surface area contributed by atoms with Gasteiger partial charge in [0.2, 0.25) is 0 Å². The van der Waals surface area contributed by atoms with Crippen molar-refractivity contribution in [3.63, 3.8) is 0 Å². The van der Waals surface area contributed by atoms with Crippen LogP contribution in [0.15, 0.2) is 24.3 Å². The molecule has 1 aromatic rings. The molecule has 0 amide bonds. The van der Waals surface area contributed by atoms with Crippen molar-refractivity contribution < 1.29 is 17.9 Å². The zero-order chi connectivity index (χ0) is 14.5. The Morgan fingerprint density at radius 2 is 1.95 bits per heavy atom. The molecule has 0 spiro atoms. The molecule has 1 aromatic carbocycles. The fourth-order valence-electron chi connectivity index (χ4n) is 2.03. The van der Waals surface area contributed by atoms with Crippen LogP contribution < -0.4 is 10.1 Å². The van der Waals surface area contributed by atoms with Gasteiger partial charge in [0.25, 0.3) is 0 Å². The van der Waals surface area contributed by atoms with E-state index in [9.17, 15) is 13.2 Å². The van der Waals surface area contributed by atoms with E-state index in [1.165, 1.54) is 12.1 Å². The van der Waals surface area contributed by atoms with Gasteiger partial charge in [0.15, 0.2) is 0 Å². The lowest BCUT2D eigenvalue weighted by Crippen LogP contribution is -2.31.